The van der Waals surface area contributed by atoms with E-state index in [1.54, 1.807) is 12.1 Å². The summed E-state index contributed by atoms with van der Waals surface area (Å²) < 4.78 is 26.6. The molecule has 1 amide bonds. The van der Waals surface area contributed by atoms with Gasteiger partial charge in [0.15, 0.2) is 4.34 Å². The highest BCUT2D eigenvalue weighted by Crippen LogP contribution is 2.29. The molecule has 0 atom stereocenters. The van der Waals surface area contributed by atoms with Gasteiger partial charge in [0.2, 0.25) is 21.1 Å². The third-order valence-corrected chi connectivity index (χ3v) is 6.62. The van der Waals surface area contributed by atoms with Gasteiger partial charge >= 0.3 is 0 Å². The van der Waals surface area contributed by atoms with Gasteiger partial charge in [-0.2, -0.15) is 0 Å². The molecule has 1 aromatic heterocycles. The summed E-state index contributed by atoms with van der Waals surface area (Å²) in [6, 6.07) is 12.8. The van der Waals surface area contributed by atoms with Crippen LogP contribution in [0.3, 0.4) is 0 Å². The average Bonchev–Trinajstić information content (AvgIpc) is 3.05. The number of amides is 1. The summed E-state index contributed by atoms with van der Waals surface area (Å²) in [7, 11) is -3.66. The largest absolute Gasteiger partial charge is 0.299 e. The first-order chi connectivity index (χ1) is 12.9. The number of anilines is 2. The van der Waals surface area contributed by atoms with E-state index in [1.165, 1.54) is 23.1 Å². The Hall–Kier alpha value is -2.17. The second-order valence-electron chi connectivity index (χ2n) is 5.62. The van der Waals surface area contributed by atoms with E-state index >= 15 is 0 Å². The van der Waals surface area contributed by atoms with Gasteiger partial charge in [0.25, 0.3) is 0 Å². The van der Waals surface area contributed by atoms with E-state index in [-0.39, 0.29) is 6.54 Å². The van der Waals surface area contributed by atoms with Crippen molar-refractivity contribution in [3.8, 4) is 0 Å². The van der Waals surface area contributed by atoms with Crippen molar-refractivity contribution in [2.24, 2.45) is 0 Å². The van der Waals surface area contributed by atoms with Crippen molar-refractivity contribution in [2.75, 3.05) is 28.2 Å². The Bertz CT molecular complexity index is 1060. The van der Waals surface area contributed by atoms with Crippen molar-refractivity contribution in [2.45, 2.75) is 11.3 Å². The molecule has 3 aromatic rings. The third-order valence-electron chi connectivity index (χ3n) is 3.64. The lowest BCUT2D eigenvalue weighted by molar-refractivity contribution is -0.114. The van der Waals surface area contributed by atoms with Crippen molar-refractivity contribution in [1.29, 1.82) is 0 Å². The third kappa shape index (κ3) is 4.76. The molecule has 0 aliphatic heterocycles. The number of sulfonamides is 1. The fourth-order valence-electron chi connectivity index (χ4n) is 2.54. The number of aromatic nitrogens is 2. The molecule has 0 aliphatic rings. The minimum absolute atomic E-state index is 0.345. The number of carbonyl (C=O) groups excluding carboxylic acids is 1. The van der Waals surface area contributed by atoms with Crippen LogP contribution >= 0.6 is 23.1 Å². The minimum atomic E-state index is -3.66. The predicted octanol–water partition coefficient (Wildman–Crippen LogP) is 3.21. The molecule has 0 radical (unpaired) electrons. The van der Waals surface area contributed by atoms with E-state index < -0.39 is 15.9 Å². The number of thioether (sulfide) groups is 1. The van der Waals surface area contributed by atoms with E-state index in [0.29, 0.717) is 10.8 Å². The van der Waals surface area contributed by atoms with E-state index in [1.807, 2.05) is 37.3 Å². The van der Waals surface area contributed by atoms with Crippen LogP contribution in [0.4, 0.5) is 10.8 Å². The van der Waals surface area contributed by atoms with E-state index in [2.05, 4.69) is 15.5 Å². The van der Waals surface area contributed by atoms with Crippen LogP contribution in [0, 0.1) is 0 Å². The van der Waals surface area contributed by atoms with Gasteiger partial charge in [-0.1, -0.05) is 66.4 Å². The maximum atomic E-state index is 12.5. The lowest BCUT2D eigenvalue weighted by Crippen LogP contribution is -2.37. The first-order valence-corrected chi connectivity index (χ1v) is 11.7. The second kappa shape index (κ2) is 8.24. The topological polar surface area (TPSA) is 92.3 Å². The Morgan fingerprint density at radius 1 is 1.19 bits per heavy atom. The number of carbonyl (C=O) groups is 1. The first kappa shape index (κ1) is 19.6. The van der Waals surface area contributed by atoms with E-state index in [0.717, 1.165) is 31.4 Å². The van der Waals surface area contributed by atoms with Crippen LogP contribution in [-0.4, -0.2) is 43.1 Å². The van der Waals surface area contributed by atoms with Crippen LogP contribution in [0.2, 0.25) is 0 Å². The second-order valence-corrected chi connectivity index (χ2v) is 10.0. The summed E-state index contributed by atoms with van der Waals surface area (Å²) in [4.78, 5) is 12.5. The number of benzene rings is 2. The zero-order valence-corrected chi connectivity index (χ0v) is 17.2. The summed E-state index contributed by atoms with van der Waals surface area (Å²) in [5.74, 6) is 0.378. The Morgan fingerprint density at radius 2 is 1.93 bits per heavy atom. The Balaban J connectivity index is 1.86. The van der Waals surface area contributed by atoms with Crippen LogP contribution in [0.15, 0.2) is 46.8 Å². The fourth-order valence-corrected chi connectivity index (χ4v) is 5.07. The number of fused-ring (bicyclic) bond motifs is 1. The van der Waals surface area contributed by atoms with Gasteiger partial charge in [-0.25, -0.2) is 8.42 Å². The van der Waals surface area contributed by atoms with Gasteiger partial charge in [-0.3, -0.25) is 14.4 Å². The summed E-state index contributed by atoms with van der Waals surface area (Å²) >= 11 is 2.79. The zero-order valence-electron chi connectivity index (χ0n) is 14.7. The van der Waals surface area contributed by atoms with Gasteiger partial charge in [-0.05, 0) is 17.2 Å². The number of nitrogens with one attached hydrogen (secondary N) is 1. The van der Waals surface area contributed by atoms with Gasteiger partial charge in [0.1, 0.15) is 6.54 Å². The average molecular weight is 423 g/mol. The summed E-state index contributed by atoms with van der Waals surface area (Å²) in [5, 5.41) is 12.5. The molecule has 2 aromatic carbocycles. The molecule has 0 aliphatic carbocycles. The predicted molar refractivity (Wildman–Crippen MR) is 111 cm³/mol. The van der Waals surface area contributed by atoms with Crippen LogP contribution in [0.25, 0.3) is 10.8 Å². The highest BCUT2D eigenvalue weighted by atomic mass is 32.2. The normalized spacial score (nSPS) is 11.5. The number of hydrogen-bond donors (Lipinski definition) is 1. The Morgan fingerprint density at radius 3 is 2.67 bits per heavy atom. The molecular weight excluding hydrogens is 404 g/mol. The van der Waals surface area contributed by atoms with E-state index in [4.69, 9.17) is 0 Å². The quantitative estimate of drug-likeness (QED) is 0.464. The fraction of sp³-hybridized carbons (Fsp3) is 0.235. The molecule has 0 saturated carbocycles. The van der Waals surface area contributed by atoms with Gasteiger partial charge < -0.3 is 0 Å². The number of rotatable bonds is 7. The summed E-state index contributed by atoms with van der Waals surface area (Å²) in [6.07, 6.45) is 1.09. The van der Waals surface area contributed by atoms with Gasteiger partial charge in [-0.15, -0.1) is 10.2 Å². The highest BCUT2D eigenvalue weighted by Gasteiger charge is 2.23. The molecule has 0 fully saturated rings. The molecule has 0 unspecified atom stereocenters. The van der Waals surface area contributed by atoms with Crippen LogP contribution in [-0.2, 0) is 14.8 Å². The minimum Gasteiger partial charge on any atom is -0.299 e. The lowest BCUT2D eigenvalue weighted by Gasteiger charge is -2.23. The van der Waals surface area contributed by atoms with Crippen molar-refractivity contribution < 1.29 is 13.2 Å². The van der Waals surface area contributed by atoms with Gasteiger partial charge in [0.05, 0.1) is 11.9 Å². The molecular formula is C17H18N4O3S3. The SMILES string of the molecule is CCSc1nnc(NC(=O)CN(c2cccc3ccccc23)S(C)(=O)=O)s1. The maximum Gasteiger partial charge on any atom is 0.246 e. The zero-order chi connectivity index (χ0) is 19.4. The Labute approximate surface area is 165 Å². The molecule has 0 spiro atoms. The van der Waals surface area contributed by atoms with Crippen molar-refractivity contribution >= 4 is 60.6 Å². The first-order valence-electron chi connectivity index (χ1n) is 8.10. The van der Waals surface area contributed by atoms with E-state index in [9.17, 15) is 13.2 Å². The van der Waals surface area contributed by atoms with Crippen molar-refractivity contribution in [1.82, 2.24) is 10.2 Å². The molecule has 27 heavy (non-hydrogen) atoms. The molecule has 10 heteroatoms. The van der Waals surface area contributed by atoms with Gasteiger partial charge in [0, 0.05) is 5.39 Å². The van der Waals surface area contributed by atoms with Crippen LogP contribution < -0.4 is 9.62 Å². The smallest absolute Gasteiger partial charge is 0.246 e. The molecule has 0 saturated heterocycles. The highest BCUT2D eigenvalue weighted by molar-refractivity contribution is 8.01. The maximum absolute atomic E-state index is 12.5. The van der Waals surface area contributed by atoms with Crippen LogP contribution in [0.1, 0.15) is 6.92 Å². The lowest BCUT2D eigenvalue weighted by atomic mass is 10.1. The standard InChI is InChI=1S/C17H18N4O3S3/c1-3-25-17-20-19-16(26-17)18-15(22)11-21(27(2,23)24)14-10-6-8-12-7-4-5-9-13(12)14/h4-10H,3,11H2,1-2H3,(H,18,19,22). The molecule has 0 bridgehead atoms. The number of hydrogen-bond acceptors (Lipinski definition) is 7. The number of nitrogens with zero attached hydrogens (tertiary/aromatic N) is 3. The van der Waals surface area contributed by atoms with Crippen molar-refractivity contribution in [3.05, 3.63) is 42.5 Å². The monoisotopic (exact) mass is 422 g/mol. The molecule has 7 nitrogen and oxygen atoms in total. The Kier molecular flexibility index (Phi) is 5.98. The van der Waals surface area contributed by atoms with Crippen LogP contribution in [0.5, 0.6) is 0 Å². The van der Waals surface area contributed by atoms with Crippen molar-refractivity contribution in [3.63, 3.8) is 0 Å². The summed E-state index contributed by atoms with van der Waals surface area (Å²) in [6.45, 7) is 1.65. The molecule has 1 heterocycles. The molecule has 1 N–H and O–H groups in total. The molecule has 142 valence electrons. The molecule has 3 rings (SSSR count). The summed E-state index contributed by atoms with van der Waals surface area (Å²) in [5.41, 5.74) is 0.463.